The molecule has 2 rings (SSSR count). The van der Waals surface area contributed by atoms with Gasteiger partial charge in [-0.1, -0.05) is 22.4 Å². The molecule has 1 aliphatic rings. The molecule has 1 nitrogen and oxygen atoms in total. The Kier molecular flexibility index (Phi) is 4.02. The highest BCUT2D eigenvalue weighted by Gasteiger charge is 2.33. The summed E-state index contributed by atoms with van der Waals surface area (Å²) in [6, 6.07) is 3.85. The monoisotopic (exact) mass is 321 g/mol. The zero-order valence-electron chi connectivity index (χ0n) is 10.0. The highest BCUT2D eigenvalue weighted by Crippen LogP contribution is 2.41. The lowest BCUT2D eigenvalue weighted by Gasteiger charge is -2.34. The van der Waals surface area contributed by atoms with Crippen LogP contribution in [-0.4, -0.2) is 7.05 Å². The molecule has 1 atom stereocenters. The van der Waals surface area contributed by atoms with E-state index in [0.717, 1.165) is 23.4 Å². The molecule has 100 valence electrons. The third kappa shape index (κ3) is 2.72. The summed E-state index contributed by atoms with van der Waals surface area (Å²) in [7, 11) is 1.80. The van der Waals surface area contributed by atoms with E-state index in [-0.39, 0.29) is 6.04 Å². The van der Waals surface area contributed by atoms with Crippen LogP contribution in [0.3, 0.4) is 0 Å². The van der Waals surface area contributed by atoms with Crippen molar-refractivity contribution in [3.63, 3.8) is 0 Å². The van der Waals surface area contributed by atoms with Gasteiger partial charge in [0.25, 0.3) is 0 Å². The number of halogens is 4. The number of alkyl halides is 3. The van der Waals surface area contributed by atoms with Crippen LogP contribution in [0.15, 0.2) is 22.7 Å². The fourth-order valence-electron chi connectivity index (χ4n) is 2.38. The average Bonchev–Trinajstić information content (AvgIpc) is 2.22. The minimum Gasteiger partial charge on any atom is -0.313 e. The molecule has 1 unspecified atom stereocenters. The van der Waals surface area contributed by atoms with Crippen molar-refractivity contribution in [3.05, 3.63) is 33.8 Å². The fourth-order valence-corrected chi connectivity index (χ4v) is 2.87. The molecule has 1 N–H and O–H groups in total. The van der Waals surface area contributed by atoms with Gasteiger partial charge in [-0.25, -0.2) is 0 Å². The van der Waals surface area contributed by atoms with Gasteiger partial charge in [0.2, 0.25) is 0 Å². The summed E-state index contributed by atoms with van der Waals surface area (Å²) in [6.45, 7) is 0. The Bertz CT molecular complexity index is 427. The van der Waals surface area contributed by atoms with Gasteiger partial charge in [0, 0.05) is 10.5 Å². The lowest BCUT2D eigenvalue weighted by atomic mass is 9.77. The average molecular weight is 322 g/mol. The van der Waals surface area contributed by atoms with Crippen molar-refractivity contribution in [2.45, 2.75) is 31.5 Å². The van der Waals surface area contributed by atoms with Crippen LogP contribution >= 0.6 is 15.9 Å². The molecule has 0 bridgehead atoms. The maximum absolute atomic E-state index is 12.7. The summed E-state index contributed by atoms with van der Waals surface area (Å²) >= 11 is 3.35. The molecular weight excluding hydrogens is 307 g/mol. The fraction of sp³-hybridized carbons (Fsp3) is 0.538. The third-order valence-electron chi connectivity index (χ3n) is 3.59. The van der Waals surface area contributed by atoms with Gasteiger partial charge in [0.1, 0.15) is 0 Å². The van der Waals surface area contributed by atoms with E-state index in [9.17, 15) is 13.2 Å². The Balaban J connectivity index is 2.35. The first-order chi connectivity index (χ1) is 8.43. The number of hydrogen-bond acceptors (Lipinski definition) is 1. The van der Waals surface area contributed by atoms with E-state index in [2.05, 4.69) is 21.2 Å². The van der Waals surface area contributed by atoms with E-state index in [0.29, 0.717) is 11.5 Å². The first-order valence-corrected chi connectivity index (χ1v) is 6.76. The minimum atomic E-state index is -4.28. The predicted molar refractivity (Wildman–Crippen MR) is 68.3 cm³/mol. The zero-order chi connectivity index (χ0) is 13.3. The first-order valence-electron chi connectivity index (χ1n) is 5.97. The zero-order valence-corrected chi connectivity index (χ0v) is 11.6. The van der Waals surface area contributed by atoms with Crippen molar-refractivity contribution in [1.29, 1.82) is 0 Å². The second-order valence-electron chi connectivity index (χ2n) is 4.69. The van der Waals surface area contributed by atoms with Crippen LogP contribution < -0.4 is 5.32 Å². The van der Waals surface area contributed by atoms with E-state index in [1.165, 1.54) is 18.6 Å². The van der Waals surface area contributed by atoms with Crippen LogP contribution in [0.2, 0.25) is 0 Å². The number of hydrogen-bond donors (Lipinski definition) is 1. The molecule has 0 amide bonds. The Morgan fingerprint density at radius 1 is 1.33 bits per heavy atom. The Morgan fingerprint density at radius 2 is 2.00 bits per heavy atom. The lowest BCUT2D eigenvalue weighted by molar-refractivity contribution is -0.137. The van der Waals surface area contributed by atoms with Crippen LogP contribution in [0.5, 0.6) is 0 Å². The number of benzene rings is 1. The summed E-state index contributed by atoms with van der Waals surface area (Å²) in [5, 5.41) is 3.14. The van der Waals surface area contributed by atoms with Crippen LogP contribution in [0.1, 0.15) is 36.4 Å². The third-order valence-corrected chi connectivity index (χ3v) is 4.31. The highest BCUT2D eigenvalue weighted by molar-refractivity contribution is 9.10. The summed E-state index contributed by atoms with van der Waals surface area (Å²) in [5.41, 5.74) is 0.122. The molecule has 0 aliphatic heterocycles. The van der Waals surface area contributed by atoms with Crippen molar-refractivity contribution in [3.8, 4) is 0 Å². The minimum absolute atomic E-state index is 0.00424. The van der Waals surface area contributed by atoms with E-state index < -0.39 is 11.7 Å². The summed E-state index contributed by atoms with van der Waals surface area (Å²) in [4.78, 5) is 0. The molecule has 1 aromatic rings. The Labute approximate surface area is 113 Å². The normalized spacial score (nSPS) is 18.5. The molecule has 0 heterocycles. The van der Waals surface area contributed by atoms with Crippen molar-refractivity contribution in [2.75, 3.05) is 7.05 Å². The van der Waals surface area contributed by atoms with Gasteiger partial charge in [-0.15, -0.1) is 0 Å². The van der Waals surface area contributed by atoms with Gasteiger partial charge in [0.15, 0.2) is 0 Å². The summed E-state index contributed by atoms with van der Waals surface area (Å²) < 4.78 is 38.9. The van der Waals surface area contributed by atoms with Gasteiger partial charge in [0.05, 0.1) is 5.56 Å². The summed E-state index contributed by atoms with van der Waals surface area (Å²) in [5.74, 6) is 0.440. The highest BCUT2D eigenvalue weighted by atomic mass is 79.9. The van der Waals surface area contributed by atoms with Crippen LogP contribution in [0.25, 0.3) is 0 Å². The predicted octanol–water partition coefficient (Wildman–Crippen LogP) is 4.53. The molecule has 18 heavy (non-hydrogen) atoms. The molecule has 1 fully saturated rings. The SMILES string of the molecule is CNC(c1cc(C(F)(F)F)ccc1Br)C1CCC1. The van der Waals surface area contributed by atoms with Crippen molar-refractivity contribution >= 4 is 15.9 Å². The Morgan fingerprint density at radius 3 is 2.44 bits per heavy atom. The van der Waals surface area contributed by atoms with Gasteiger partial charge < -0.3 is 5.32 Å². The van der Waals surface area contributed by atoms with Gasteiger partial charge >= 0.3 is 6.18 Å². The second kappa shape index (κ2) is 5.21. The molecule has 1 aliphatic carbocycles. The van der Waals surface area contributed by atoms with Crippen LogP contribution in [0.4, 0.5) is 13.2 Å². The van der Waals surface area contributed by atoms with Crippen molar-refractivity contribution in [2.24, 2.45) is 5.92 Å². The molecule has 0 aromatic heterocycles. The van der Waals surface area contributed by atoms with E-state index in [1.54, 1.807) is 7.05 Å². The lowest BCUT2D eigenvalue weighted by Crippen LogP contribution is -2.30. The molecule has 0 radical (unpaired) electrons. The molecule has 5 heteroatoms. The maximum atomic E-state index is 12.7. The van der Waals surface area contributed by atoms with Gasteiger partial charge in [-0.05, 0) is 49.6 Å². The summed E-state index contributed by atoms with van der Waals surface area (Å²) in [6.07, 6.45) is -0.963. The largest absolute Gasteiger partial charge is 0.416 e. The van der Waals surface area contributed by atoms with Gasteiger partial charge in [-0.3, -0.25) is 0 Å². The van der Waals surface area contributed by atoms with Gasteiger partial charge in [-0.2, -0.15) is 13.2 Å². The van der Waals surface area contributed by atoms with Crippen LogP contribution in [-0.2, 0) is 6.18 Å². The second-order valence-corrected chi connectivity index (χ2v) is 5.55. The van der Waals surface area contributed by atoms with E-state index in [1.807, 2.05) is 0 Å². The molecule has 1 aromatic carbocycles. The molecular formula is C13H15BrF3N. The quantitative estimate of drug-likeness (QED) is 0.862. The molecule has 0 spiro atoms. The molecule has 1 saturated carbocycles. The maximum Gasteiger partial charge on any atom is 0.416 e. The smallest absolute Gasteiger partial charge is 0.313 e. The number of rotatable bonds is 3. The van der Waals surface area contributed by atoms with E-state index in [4.69, 9.17) is 0 Å². The standard InChI is InChI=1S/C13H15BrF3N/c1-18-12(8-3-2-4-8)10-7-9(13(15,16)17)5-6-11(10)14/h5-8,12,18H,2-4H2,1H3. The Hall–Kier alpha value is -0.550. The van der Waals surface area contributed by atoms with Crippen molar-refractivity contribution < 1.29 is 13.2 Å². The number of nitrogens with one attached hydrogen (secondary N) is 1. The van der Waals surface area contributed by atoms with Crippen LogP contribution in [0, 0.1) is 5.92 Å². The molecule has 0 saturated heterocycles. The first kappa shape index (κ1) is 13.9. The topological polar surface area (TPSA) is 12.0 Å². The van der Waals surface area contributed by atoms with E-state index >= 15 is 0 Å². The van der Waals surface area contributed by atoms with Crippen molar-refractivity contribution in [1.82, 2.24) is 5.32 Å².